The van der Waals surface area contributed by atoms with Gasteiger partial charge < -0.3 is 4.98 Å². The summed E-state index contributed by atoms with van der Waals surface area (Å²) >= 11 is 2.07. The number of hydrogen-bond donors (Lipinski definition) is 1. The quantitative estimate of drug-likeness (QED) is 0.736. The highest BCUT2D eigenvalue weighted by molar-refractivity contribution is 14.1. The van der Waals surface area contributed by atoms with Gasteiger partial charge in [-0.15, -0.1) is 0 Å². The third kappa shape index (κ3) is 1.20. The molecule has 0 unspecified atom stereocenters. The van der Waals surface area contributed by atoms with Crippen LogP contribution in [0.15, 0.2) is 12.1 Å². The minimum absolute atomic E-state index is 0.263. The molecular formula is C8H6FIN2. The summed E-state index contributed by atoms with van der Waals surface area (Å²) in [6, 6.07) is 3.35. The molecule has 62 valence electrons. The molecule has 0 radical (unpaired) electrons. The second-order valence-electron chi connectivity index (χ2n) is 2.61. The Morgan fingerprint density at radius 3 is 3.00 bits per heavy atom. The van der Waals surface area contributed by atoms with Gasteiger partial charge in [-0.1, -0.05) is 0 Å². The summed E-state index contributed by atoms with van der Waals surface area (Å²) in [7, 11) is 0. The standard InChI is InChI=1S/C8H6FIN2/c1-4-11-7-3-5(10)2-6(9)8(7)12-4/h2-3H,1H3,(H,11,12). The molecule has 0 amide bonds. The van der Waals surface area contributed by atoms with E-state index in [0.717, 1.165) is 14.9 Å². The van der Waals surface area contributed by atoms with Gasteiger partial charge in [0.05, 0.1) is 5.52 Å². The van der Waals surface area contributed by atoms with Crippen LogP contribution in [0.1, 0.15) is 5.82 Å². The van der Waals surface area contributed by atoms with Crippen LogP contribution < -0.4 is 0 Å². The van der Waals surface area contributed by atoms with Gasteiger partial charge in [-0.25, -0.2) is 9.37 Å². The minimum atomic E-state index is -0.263. The molecule has 0 saturated heterocycles. The summed E-state index contributed by atoms with van der Waals surface area (Å²) in [5, 5.41) is 0. The normalized spacial score (nSPS) is 10.9. The SMILES string of the molecule is Cc1nc2c(F)cc(I)cc2[nH]1. The number of hydrogen-bond acceptors (Lipinski definition) is 1. The third-order valence-corrected chi connectivity index (χ3v) is 2.25. The molecule has 0 fully saturated rings. The van der Waals surface area contributed by atoms with Gasteiger partial charge >= 0.3 is 0 Å². The number of aryl methyl sites for hydroxylation is 1. The summed E-state index contributed by atoms with van der Waals surface area (Å²) in [5.41, 5.74) is 1.19. The molecule has 0 bridgehead atoms. The van der Waals surface area contributed by atoms with Crippen LogP contribution in [0, 0.1) is 16.3 Å². The molecule has 0 saturated carbocycles. The third-order valence-electron chi connectivity index (χ3n) is 1.62. The largest absolute Gasteiger partial charge is 0.342 e. The van der Waals surface area contributed by atoms with E-state index in [4.69, 9.17) is 0 Å². The molecule has 1 aromatic heterocycles. The second-order valence-corrected chi connectivity index (χ2v) is 3.85. The fourth-order valence-corrected chi connectivity index (χ4v) is 1.75. The monoisotopic (exact) mass is 276 g/mol. The molecule has 1 aromatic carbocycles. The van der Waals surface area contributed by atoms with Crippen LogP contribution in [0.3, 0.4) is 0 Å². The Morgan fingerprint density at radius 1 is 1.50 bits per heavy atom. The Kier molecular flexibility index (Phi) is 1.79. The molecule has 2 rings (SSSR count). The molecule has 1 heterocycles. The maximum atomic E-state index is 13.2. The number of rotatable bonds is 0. The van der Waals surface area contributed by atoms with Crippen molar-refractivity contribution in [1.29, 1.82) is 0 Å². The number of fused-ring (bicyclic) bond motifs is 1. The lowest BCUT2D eigenvalue weighted by atomic mass is 10.3. The zero-order chi connectivity index (χ0) is 8.72. The minimum Gasteiger partial charge on any atom is -0.342 e. The van der Waals surface area contributed by atoms with E-state index in [2.05, 4.69) is 32.6 Å². The second kappa shape index (κ2) is 2.69. The van der Waals surface area contributed by atoms with E-state index >= 15 is 0 Å². The van der Waals surface area contributed by atoms with E-state index < -0.39 is 0 Å². The van der Waals surface area contributed by atoms with Crippen LogP contribution in [-0.4, -0.2) is 9.97 Å². The van der Waals surface area contributed by atoms with Gasteiger partial charge in [0.2, 0.25) is 0 Å². The highest BCUT2D eigenvalue weighted by atomic mass is 127. The number of benzene rings is 1. The highest BCUT2D eigenvalue weighted by Gasteiger charge is 2.05. The molecule has 0 aliphatic heterocycles. The lowest BCUT2D eigenvalue weighted by molar-refractivity contribution is 0.636. The van der Waals surface area contributed by atoms with Crippen LogP contribution in [0.4, 0.5) is 4.39 Å². The van der Waals surface area contributed by atoms with Crippen molar-refractivity contribution in [2.24, 2.45) is 0 Å². The van der Waals surface area contributed by atoms with Gasteiger partial charge in [0.25, 0.3) is 0 Å². The molecule has 4 heteroatoms. The number of imidazole rings is 1. The van der Waals surface area contributed by atoms with Crippen LogP contribution in [0.5, 0.6) is 0 Å². The molecular weight excluding hydrogens is 270 g/mol. The predicted octanol–water partition coefficient (Wildman–Crippen LogP) is 2.62. The number of aromatic amines is 1. The van der Waals surface area contributed by atoms with Gasteiger partial charge in [-0.3, -0.25) is 0 Å². The lowest BCUT2D eigenvalue weighted by Gasteiger charge is -1.91. The Bertz CT molecular complexity index is 436. The molecule has 2 aromatic rings. The van der Waals surface area contributed by atoms with Crippen molar-refractivity contribution in [1.82, 2.24) is 9.97 Å². The Balaban J connectivity index is 2.88. The van der Waals surface area contributed by atoms with Crippen LogP contribution in [0.2, 0.25) is 0 Å². The summed E-state index contributed by atoms with van der Waals surface area (Å²) in [6.45, 7) is 1.81. The van der Waals surface area contributed by atoms with Gasteiger partial charge in [-0.2, -0.15) is 0 Å². The molecule has 2 nitrogen and oxygen atoms in total. The lowest BCUT2D eigenvalue weighted by Crippen LogP contribution is -1.80. The predicted molar refractivity (Wildman–Crippen MR) is 53.5 cm³/mol. The molecule has 1 N–H and O–H groups in total. The molecule has 0 aliphatic carbocycles. The van der Waals surface area contributed by atoms with E-state index in [1.807, 2.05) is 13.0 Å². The maximum absolute atomic E-state index is 13.2. The average Bonchev–Trinajstić information content (AvgIpc) is 2.29. The van der Waals surface area contributed by atoms with Crippen molar-refractivity contribution in [2.45, 2.75) is 6.92 Å². The number of nitrogens with zero attached hydrogens (tertiary/aromatic N) is 1. The number of nitrogens with one attached hydrogen (secondary N) is 1. The van der Waals surface area contributed by atoms with E-state index in [9.17, 15) is 4.39 Å². The first kappa shape index (κ1) is 7.97. The van der Waals surface area contributed by atoms with Crippen LogP contribution >= 0.6 is 22.6 Å². The van der Waals surface area contributed by atoms with Gasteiger partial charge in [0, 0.05) is 3.57 Å². The van der Waals surface area contributed by atoms with Crippen LogP contribution in [-0.2, 0) is 0 Å². The molecule has 0 spiro atoms. The van der Waals surface area contributed by atoms with Crippen LogP contribution in [0.25, 0.3) is 11.0 Å². The van der Waals surface area contributed by atoms with E-state index in [1.165, 1.54) is 6.07 Å². The summed E-state index contributed by atoms with van der Waals surface area (Å²) in [6.07, 6.45) is 0. The number of halogens is 2. The molecule has 0 aliphatic rings. The first-order valence-electron chi connectivity index (χ1n) is 3.48. The number of aromatic nitrogens is 2. The smallest absolute Gasteiger partial charge is 0.152 e. The fraction of sp³-hybridized carbons (Fsp3) is 0.125. The first-order chi connectivity index (χ1) is 5.66. The van der Waals surface area contributed by atoms with Crippen molar-refractivity contribution in [3.05, 3.63) is 27.3 Å². The van der Waals surface area contributed by atoms with E-state index in [0.29, 0.717) is 5.52 Å². The van der Waals surface area contributed by atoms with Crippen molar-refractivity contribution in [2.75, 3.05) is 0 Å². The van der Waals surface area contributed by atoms with Crippen molar-refractivity contribution < 1.29 is 4.39 Å². The van der Waals surface area contributed by atoms with Crippen molar-refractivity contribution in [3.8, 4) is 0 Å². The zero-order valence-electron chi connectivity index (χ0n) is 6.36. The zero-order valence-corrected chi connectivity index (χ0v) is 8.52. The Labute approximate surface area is 82.3 Å². The van der Waals surface area contributed by atoms with Crippen molar-refractivity contribution in [3.63, 3.8) is 0 Å². The molecule has 0 atom stereocenters. The Hall–Kier alpha value is -0.650. The molecule has 12 heavy (non-hydrogen) atoms. The maximum Gasteiger partial charge on any atom is 0.152 e. The topological polar surface area (TPSA) is 28.7 Å². The Morgan fingerprint density at radius 2 is 2.25 bits per heavy atom. The van der Waals surface area contributed by atoms with E-state index in [1.54, 1.807) is 0 Å². The average molecular weight is 276 g/mol. The highest BCUT2D eigenvalue weighted by Crippen LogP contribution is 2.18. The first-order valence-corrected chi connectivity index (χ1v) is 4.56. The van der Waals surface area contributed by atoms with Gasteiger partial charge in [0.15, 0.2) is 5.82 Å². The summed E-state index contributed by atoms with van der Waals surface area (Å²) in [5.74, 6) is 0.479. The van der Waals surface area contributed by atoms with E-state index in [-0.39, 0.29) is 5.82 Å². The number of H-pyrrole nitrogens is 1. The summed E-state index contributed by atoms with van der Waals surface area (Å²) in [4.78, 5) is 7.00. The van der Waals surface area contributed by atoms with Gasteiger partial charge in [-0.05, 0) is 41.6 Å². The fourth-order valence-electron chi connectivity index (χ4n) is 1.17. The van der Waals surface area contributed by atoms with Gasteiger partial charge in [0.1, 0.15) is 11.3 Å². The van der Waals surface area contributed by atoms with Crippen molar-refractivity contribution >= 4 is 33.6 Å². The summed E-state index contributed by atoms with van der Waals surface area (Å²) < 4.78 is 14.0.